The average molecular weight is 471 g/mol. The number of piperazine rings is 1. The molecule has 6 rings (SSSR count). The van der Waals surface area contributed by atoms with Crippen molar-refractivity contribution >= 4 is 27.9 Å². The Hall–Kier alpha value is -3.82. The summed E-state index contributed by atoms with van der Waals surface area (Å²) in [5.74, 6) is 0.535. The molecule has 8 nitrogen and oxygen atoms in total. The van der Waals surface area contributed by atoms with E-state index in [4.69, 9.17) is 0 Å². The van der Waals surface area contributed by atoms with Gasteiger partial charge in [0, 0.05) is 49.5 Å². The molecule has 1 saturated heterocycles. The Bertz CT molecular complexity index is 1490. The van der Waals surface area contributed by atoms with Crippen molar-refractivity contribution in [1.29, 1.82) is 0 Å². The lowest BCUT2D eigenvalue weighted by Crippen LogP contribution is -2.48. The van der Waals surface area contributed by atoms with Gasteiger partial charge < -0.3 is 10.6 Å². The first kappa shape index (κ1) is 21.7. The van der Waals surface area contributed by atoms with Crippen molar-refractivity contribution in [2.45, 2.75) is 26.1 Å². The Balaban J connectivity index is 1.26. The summed E-state index contributed by atoms with van der Waals surface area (Å²) in [7, 11) is 0. The van der Waals surface area contributed by atoms with Gasteiger partial charge in [-0.05, 0) is 54.4 Å². The van der Waals surface area contributed by atoms with E-state index in [0.29, 0.717) is 12.6 Å². The minimum absolute atomic E-state index is 0.238. The third kappa shape index (κ3) is 4.48. The van der Waals surface area contributed by atoms with Gasteiger partial charge in [-0.2, -0.15) is 10.2 Å². The predicted molar refractivity (Wildman–Crippen MR) is 134 cm³/mol. The SMILES string of the molecule is C[C@H]1CN(Cc2ccn3ncnc(Nc4ccc5c(cnn5Cc5cccc(F)c5)c4)c23)CCN1. The molecule has 0 spiro atoms. The molecule has 178 valence electrons. The Morgan fingerprint density at radius 2 is 2.06 bits per heavy atom. The van der Waals surface area contributed by atoms with E-state index < -0.39 is 0 Å². The van der Waals surface area contributed by atoms with Gasteiger partial charge in [0.05, 0.1) is 18.3 Å². The van der Waals surface area contributed by atoms with E-state index in [1.54, 1.807) is 18.5 Å². The largest absolute Gasteiger partial charge is 0.338 e. The molecule has 9 heteroatoms. The number of aromatic nitrogens is 5. The lowest BCUT2D eigenvalue weighted by Gasteiger charge is -2.31. The van der Waals surface area contributed by atoms with E-state index in [1.807, 2.05) is 39.8 Å². The van der Waals surface area contributed by atoms with Crippen LogP contribution in [0.3, 0.4) is 0 Å². The number of benzene rings is 2. The zero-order valence-corrected chi connectivity index (χ0v) is 19.5. The van der Waals surface area contributed by atoms with Crippen LogP contribution in [0.4, 0.5) is 15.9 Å². The standard InChI is InChI=1S/C26H27FN8/c1-18-14-33(10-8-28-18)16-20-7-9-34-25(20)26(29-17-31-34)32-23-5-6-24-21(12-23)13-30-35(24)15-19-3-2-4-22(27)11-19/h2-7,9,11-13,17-18,28H,8,10,14-16H2,1H3,(H,29,31,32)/t18-/m0/s1. The highest BCUT2D eigenvalue weighted by atomic mass is 19.1. The summed E-state index contributed by atoms with van der Waals surface area (Å²) < 4.78 is 17.3. The summed E-state index contributed by atoms with van der Waals surface area (Å²) in [4.78, 5) is 7.03. The molecular weight excluding hydrogens is 443 g/mol. The number of hydrogen-bond donors (Lipinski definition) is 2. The molecule has 1 aliphatic heterocycles. The van der Waals surface area contributed by atoms with Crippen LogP contribution in [0.15, 0.2) is 67.3 Å². The van der Waals surface area contributed by atoms with Crippen LogP contribution in [0.5, 0.6) is 0 Å². The number of hydrogen-bond acceptors (Lipinski definition) is 6. The molecule has 1 aliphatic rings. The fourth-order valence-electron chi connectivity index (χ4n) is 4.87. The van der Waals surface area contributed by atoms with E-state index in [1.165, 1.54) is 11.6 Å². The van der Waals surface area contributed by atoms with Crippen molar-refractivity contribution < 1.29 is 4.39 Å². The van der Waals surface area contributed by atoms with E-state index >= 15 is 0 Å². The first-order valence-electron chi connectivity index (χ1n) is 11.9. The molecule has 3 aromatic heterocycles. The number of nitrogens with zero attached hydrogens (tertiary/aromatic N) is 6. The van der Waals surface area contributed by atoms with Gasteiger partial charge in [0.15, 0.2) is 5.82 Å². The Morgan fingerprint density at radius 3 is 2.94 bits per heavy atom. The third-order valence-corrected chi connectivity index (χ3v) is 6.51. The monoisotopic (exact) mass is 470 g/mol. The molecule has 2 aromatic carbocycles. The summed E-state index contributed by atoms with van der Waals surface area (Å²) in [6.45, 7) is 6.63. The van der Waals surface area contributed by atoms with Crippen molar-refractivity contribution in [3.05, 3.63) is 84.2 Å². The molecular formula is C26H27FN8. The van der Waals surface area contributed by atoms with Crippen molar-refractivity contribution in [1.82, 2.24) is 34.6 Å². The van der Waals surface area contributed by atoms with Gasteiger partial charge in [-0.25, -0.2) is 13.9 Å². The van der Waals surface area contributed by atoms with Crippen molar-refractivity contribution in [3.8, 4) is 0 Å². The average Bonchev–Trinajstić information content (AvgIpc) is 3.44. The summed E-state index contributed by atoms with van der Waals surface area (Å²) >= 11 is 0. The Morgan fingerprint density at radius 1 is 1.11 bits per heavy atom. The maximum Gasteiger partial charge on any atom is 0.158 e. The van der Waals surface area contributed by atoms with Gasteiger partial charge in [-0.3, -0.25) is 9.58 Å². The molecule has 0 aliphatic carbocycles. The van der Waals surface area contributed by atoms with E-state index in [9.17, 15) is 4.39 Å². The molecule has 0 unspecified atom stereocenters. The van der Waals surface area contributed by atoms with Crippen molar-refractivity contribution in [3.63, 3.8) is 0 Å². The van der Waals surface area contributed by atoms with Crippen LogP contribution in [0.25, 0.3) is 16.4 Å². The van der Waals surface area contributed by atoms with Gasteiger partial charge >= 0.3 is 0 Å². The van der Waals surface area contributed by atoms with Crippen LogP contribution in [0.1, 0.15) is 18.1 Å². The van der Waals surface area contributed by atoms with Crippen LogP contribution >= 0.6 is 0 Å². The van der Waals surface area contributed by atoms with Gasteiger partial charge in [-0.1, -0.05) is 12.1 Å². The predicted octanol–water partition coefficient (Wildman–Crippen LogP) is 3.80. The highest BCUT2D eigenvalue weighted by molar-refractivity contribution is 5.85. The smallest absolute Gasteiger partial charge is 0.158 e. The van der Waals surface area contributed by atoms with Crippen LogP contribution in [-0.4, -0.2) is 55.0 Å². The lowest BCUT2D eigenvalue weighted by molar-refractivity contribution is 0.200. The van der Waals surface area contributed by atoms with E-state index in [0.717, 1.165) is 59.7 Å². The molecule has 5 aromatic rings. The van der Waals surface area contributed by atoms with Crippen LogP contribution < -0.4 is 10.6 Å². The second-order valence-corrected chi connectivity index (χ2v) is 9.16. The Kier molecular flexibility index (Phi) is 5.63. The van der Waals surface area contributed by atoms with Crippen LogP contribution in [0.2, 0.25) is 0 Å². The lowest BCUT2D eigenvalue weighted by atomic mass is 10.2. The second-order valence-electron chi connectivity index (χ2n) is 9.16. The fourth-order valence-corrected chi connectivity index (χ4v) is 4.87. The molecule has 35 heavy (non-hydrogen) atoms. The number of rotatable bonds is 6. The quantitative estimate of drug-likeness (QED) is 0.393. The first-order chi connectivity index (χ1) is 17.1. The molecule has 1 atom stereocenters. The molecule has 2 N–H and O–H groups in total. The van der Waals surface area contributed by atoms with E-state index in [-0.39, 0.29) is 5.82 Å². The highest BCUT2D eigenvalue weighted by Gasteiger charge is 2.19. The summed E-state index contributed by atoms with van der Waals surface area (Å²) in [5, 5.41) is 16.9. The fraction of sp³-hybridized carbons (Fsp3) is 0.269. The molecule has 0 amide bonds. The van der Waals surface area contributed by atoms with Gasteiger partial charge in [0.2, 0.25) is 0 Å². The van der Waals surface area contributed by atoms with Gasteiger partial charge in [-0.15, -0.1) is 0 Å². The number of halogens is 1. The minimum Gasteiger partial charge on any atom is -0.338 e. The zero-order valence-electron chi connectivity index (χ0n) is 19.5. The van der Waals surface area contributed by atoms with Gasteiger partial charge in [0.25, 0.3) is 0 Å². The molecule has 0 saturated carbocycles. The summed E-state index contributed by atoms with van der Waals surface area (Å²) in [6.07, 6.45) is 5.40. The molecule has 4 heterocycles. The van der Waals surface area contributed by atoms with E-state index in [2.05, 4.69) is 49.8 Å². The number of fused-ring (bicyclic) bond motifs is 2. The van der Waals surface area contributed by atoms with Gasteiger partial charge in [0.1, 0.15) is 17.7 Å². The van der Waals surface area contributed by atoms with Crippen LogP contribution in [0, 0.1) is 5.82 Å². The highest BCUT2D eigenvalue weighted by Crippen LogP contribution is 2.27. The molecule has 0 bridgehead atoms. The normalized spacial score (nSPS) is 16.8. The topological polar surface area (TPSA) is 75.3 Å². The summed E-state index contributed by atoms with van der Waals surface area (Å²) in [5.41, 5.74) is 4.97. The maximum absolute atomic E-state index is 13.6. The molecule has 1 fully saturated rings. The maximum atomic E-state index is 13.6. The van der Waals surface area contributed by atoms with Crippen molar-refractivity contribution in [2.75, 3.05) is 25.0 Å². The third-order valence-electron chi connectivity index (χ3n) is 6.51. The number of anilines is 2. The number of nitrogens with one attached hydrogen (secondary N) is 2. The molecule has 0 radical (unpaired) electrons. The minimum atomic E-state index is -0.238. The zero-order chi connectivity index (χ0) is 23.8. The van der Waals surface area contributed by atoms with Crippen LogP contribution in [-0.2, 0) is 13.1 Å². The summed E-state index contributed by atoms with van der Waals surface area (Å²) in [6, 6.07) is 15.3. The second kappa shape index (κ2) is 9.09. The Labute approximate surface area is 202 Å². The van der Waals surface area contributed by atoms with Crippen molar-refractivity contribution in [2.24, 2.45) is 0 Å². The first-order valence-corrected chi connectivity index (χ1v) is 11.9.